The topological polar surface area (TPSA) is 101 Å². The summed E-state index contributed by atoms with van der Waals surface area (Å²) in [6, 6.07) is 4.14. The summed E-state index contributed by atoms with van der Waals surface area (Å²) in [5.74, 6) is -2.26. The molecule has 0 N–H and O–H groups in total. The molecule has 1 aromatic rings. The predicted octanol–water partition coefficient (Wildman–Crippen LogP) is 3.17. The molecule has 4 aliphatic rings. The lowest BCUT2D eigenvalue weighted by Gasteiger charge is -2.25. The van der Waals surface area contributed by atoms with Gasteiger partial charge in [-0.25, -0.2) is 0 Å². The molecular formula is C19H12ClN3O5S2. The second kappa shape index (κ2) is 6.73. The maximum Gasteiger partial charge on any atom is 0.288 e. The van der Waals surface area contributed by atoms with Gasteiger partial charge in [0, 0.05) is 6.07 Å². The van der Waals surface area contributed by atoms with Crippen LogP contribution >= 0.6 is 35.6 Å². The fourth-order valence-corrected chi connectivity index (χ4v) is 6.05. The van der Waals surface area contributed by atoms with Crippen molar-refractivity contribution in [1.82, 2.24) is 10.0 Å². The van der Waals surface area contributed by atoms with Gasteiger partial charge in [-0.3, -0.25) is 24.5 Å². The monoisotopic (exact) mass is 461 g/mol. The predicted molar refractivity (Wildman–Crippen MR) is 113 cm³/mol. The first kappa shape index (κ1) is 19.4. The van der Waals surface area contributed by atoms with Gasteiger partial charge in [0.25, 0.3) is 23.4 Å². The molecule has 1 saturated carbocycles. The summed E-state index contributed by atoms with van der Waals surface area (Å²) in [4.78, 5) is 49.6. The van der Waals surface area contributed by atoms with Gasteiger partial charge < -0.3 is 0 Å². The summed E-state index contributed by atoms with van der Waals surface area (Å²) in [6.07, 6.45) is 6.16. The number of amides is 3. The van der Waals surface area contributed by atoms with Crippen molar-refractivity contribution >= 4 is 69.4 Å². The number of nitro groups is 1. The van der Waals surface area contributed by atoms with Gasteiger partial charge in [0.1, 0.15) is 5.02 Å². The van der Waals surface area contributed by atoms with Gasteiger partial charge in [-0.1, -0.05) is 41.6 Å². The van der Waals surface area contributed by atoms with Crippen molar-refractivity contribution in [3.05, 3.63) is 56.0 Å². The molecule has 2 heterocycles. The van der Waals surface area contributed by atoms with Crippen LogP contribution < -0.4 is 0 Å². The third-order valence-corrected chi connectivity index (χ3v) is 7.49. The highest BCUT2D eigenvalue weighted by Gasteiger charge is 2.62. The third-order valence-electron chi connectivity index (χ3n) is 5.89. The fraction of sp³-hybridized carbons (Fsp3) is 0.263. The summed E-state index contributed by atoms with van der Waals surface area (Å²) in [5.41, 5.74) is 0.0892. The van der Waals surface area contributed by atoms with Crippen molar-refractivity contribution in [1.29, 1.82) is 0 Å². The van der Waals surface area contributed by atoms with Crippen molar-refractivity contribution in [2.45, 2.75) is 6.42 Å². The van der Waals surface area contributed by atoms with Crippen LogP contribution in [-0.4, -0.2) is 37.0 Å². The van der Waals surface area contributed by atoms with Crippen LogP contribution in [0.5, 0.6) is 0 Å². The number of benzene rings is 1. The van der Waals surface area contributed by atoms with E-state index in [1.807, 2.05) is 12.2 Å². The average Bonchev–Trinajstić information content (AvgIpc) is 3.43. The van der Waals surface area contributed by atoms with Gasteiger partial charge in [-0.15, -0.1) is 0 Å². The van der Waals surface area contributed by atoms with Crippen LogP contribution in [-0.2, 0) is 14.4 Å². The Morgan fingerprint density at radius 2 is 1.77 bits per heavy atom. The highest BCUT2D eigenvalue weighted by molar-refractivity contribution is 8.26. The van der Waals surface area contributed by atoms with Crippen molar-refractivity contribution in [2.24, 2.45) is 23.7 Å². The Morgan fingerprint density at radius 1 is 1.13 bits per heavy atom. The van der Waals surface area contributed by atoms with Gasteiger partial charge in [0.15, 0.2) is 4.32 Å². The maximum atomic E-state index is 13.0. The number of imide groups is 1. The quantitative estimate of drug-likeness (QED) is 0.170. The standard InChI is InChI=1S/C19H12ClN3O5S2/c20-11-4-1-8(5-12(11)23(27)28)6-13-16(24)22(19(29)30-13)21-17(25)14-9-2-3-10(7-9)15(14)18(21)26/h1-6,9-10,14-15H,7H2. The van der Waals surface area contributed by atoms with Crippen LogP contribution in [0.25, 0.3) is 6.08 Å². The number of carbonyl (C=O) groups is 3. The maximum absolute atomic E-state index is 13.0. The third kappa shape index (κ3) is 2.67. The minimum atomic E-state index is -0.618. The molecule has 3 fully saturated rings. The summed E-state index contributed by atoms with van der Waals surface area (Å²) in [5, 5.41) is 12.9. The van der Waals surface area contributed by atoms with Gasteiger partial charge in [-0.05, 0) is 48.2 Å². The van der Waals surface area contributed by atoms with Crippen molar-refractivity contribution in [3.63, 3.8) is 0 Å². The molecular weight excluding hydrogens is 450 g/mol. The largest absolute Gasteiger partial charge is 0.288 e. The van der Waals surface area contributed by atoms with Crippen LogP contribution in [0.1, 0.15) is 12.0 Å². The SMILES string of the molecule is O=C1C(=Cc2ccc(Cl)c([N+](=O)[O-])c2)SC(=S)N1N1C(=O)C2C3C=CC(C3)C2C1=O. The zero-order valence-corrected chi connectivity index (χ0v) is 17.4. The lowest BCUT2D eigenvalue weighted by molar-refractivity contribution is -0.384. The number of fused-ring (bicyclic) bond motifs is 5. The summed E-state index contributed by atoms with van der Waals surface area (Å²) in [7, 11) is 0. The van der Waals surface area contributed by atoms with E-state index in [2.05, 4.69) is 0 Å². The summed E-state index contributed by atoms with van der Waals surface area (Å²) in [6.45, 7) is 0. The van der Waals surface area contributed by atoms with E-state index in [1.165, 1.54) is 24.3 Å². The number of carbonyl (C=O) groups excluding carboxylic acids is 3. The van der Waals surface area contributed by atoms with Crippen molar-refractivity contribution in [2.75, 3.05) is 0 Å². The number of rotatable bonds is 3. The Hall–Kier alpha value is -2.56. The van der Waals surface area contributed by atoms with E-state index in [0.29, 0.717) is 5.56 Å². The highest BCUT2D eigenvalue weighted by Crippen LogP contribution is 2.53. The molecule has 30 heavy (non-hydrogen) atoms. The number of halogens is 1. The first-order chi connectivity index (χ1) is 14.3. The number of hydrogen-bond acceptors (Lipinski definition) is 7. The number of hydrazine groups is 1. The molecule has 0 radical (unpaired) electrons. The molecule has 8 nitrogen and oxygen atoms in total. The molecule has 2 aliphatic heterocycles. The zero-order valence-electron chi connectivity index (χ0n) is 15.1. The van der Waals surface area contributed by atoms with E-state index in [4.69, 9.17) is 23.8 Å². The average molecular weight is 462 g/mol. The minimum absolute atomic E-state index is 0.0185. The molecule has 11 heteroatoms. The Bertz CT molecular complexity index is 1100. The Morgan fingerprint density at radius 3 is 2.37 bits per heavy atom. The molecule has 1 aromatic carbocycles. The molecule has 0 spiro atoms. The van der Waals surface area contributed by atoms with Crippen molar-refractivity contribution < 1.29 is 19.3 Å². The molecule has 4 atom stereocenters. The number of thioether (sulfide) groups is 1. The smallest absolute Gasteiger partial charge is 0.272 e. The lowest BCUT2D eigenvalue weighted by Crippen LogP contribution is -2.49. The van der Waals surface area contributed by atoms with E-state index >= 15 is 0 Å². The van der Waals surface area contributed by atoms with Gasteiger partial charge in [-0.2, -0.15) is 10.0 Å². The molecule has 2 bridgehead atoms. The van der Waals surface area contributed by atoms with E-state index < -0.39 is 34.5 Å². The number of nitrogens with zero attached hydrogens (tertiary/aromatic N) is 3. The lowest BCUT2D eigenvalue weighted by atomic mass is 9.85. The molecule has 3 amide bonds. The van der Waals surface area contributed by atoms with Gasteiger partial charge in [0.2, 0.25) is 0 Å². The van der Waals surface area contributed by atoms with Gasteiger partial charge in [0.05, 0.1) is 21.7 Å². The first-order valence-electron chi connectivity index (χ1n) is 9.06. The molecule has 5 rings (SSSR count). The number of thiocarbonyl (C=S) groups is 1. The molecule has 152 valence electrons. The van der Waals surface area contributed by atoms with E-state index in [-0.39, 0.29) is 31.8 Å². The first-order valence-corrected chi connectivity index (χ1v) is 10.7. The second-order valence-electron chi connectivity index (χ2n) is 7.45. The molecule has 0 aromatic heterocycles. The van der Waals surface area contributed by atoms with Crippen LogP contribution in [0.15, 0.2) is 35.3 Å². The number of allylic oxidation sites excluding steroid dienone is 2. The zero-order chi connectivity index (χ0) is 21.3. The Labute approximate surface area is 184 Å². The number of nitro benzene ring substituents is 1. The summed E-state index contributed by atoms with van der Waals surface area (Å²) < 4.78 is 0.0664. The van der Waals surface area contributed by atoms with Gasteiger partial charge >= 0.3 is 0 Å². The minimum Gasteiger partial charge on any atom is -0.272 e. The molecule has 2 saturated heterocycles. The van der Waals surface area contributed by atoms with Crippen LogP contribution in [0.2, 0.25) is 5.02 Å². The Balaban J connectivity index is 1.45. The van der Waals surface area contributed by atoms with E-state index in [0.717, 1.165) is 28.2 Å². The summed E-state index contributed by atoms with van der Waals surface area (Å²) >= 11 is 12.0. The highest BCUT2D eigenvalue weighted by atomic mass is 35.5. The Kier molecular flexibility index (Phi) is 4.35. The number of hydrogen-bond donors (Lipinski definition) is 0. The fourth-order valence-electron chi connectivity index (χ4n) is 4.63. The van der Waals surface area contributed by atoms with E-state index in [9.17, 15) is 24.5 Å². The van der Waals surface area contributed by atoms with E-state index in [1.54, 1.807) is 0 Å². The second-order valence-corrected chi connectivity index (χ2v) is 9.53. The van der Waals surface area contributed by atoms with Crippen LogP contribution in [0.4, 0.5) is 5.69 Å². The normalized spacial score (nSPS) is 30.9. The van der Waals surface area contributed by atoms with Crippen molar-refractivity contribution in [3.8, 4) is 0 Å². The van der Waals surface area contributed by atoms with Crippen LogP contribution in [0, 0.1) is 33.8 Å². The molecule has 2 aliphatic carbocycles. The molecule has 4 unspecified atom stereocenters. The van der Waals surface area contributed by atoms with Crippen LogP contribution in [0.3, 0.4) is 0 Å².